The van der Waals surface area contributed by atoms with E-state index in [1.54, 1.807) is 12.1 Å². The third-order valence-electron chi connectivity index (χ3n) is 6.07. The molecule has 3 aromatic carbocycles. The van der Waals surface area contributed by atoms with Crippen molar-refractivity contribution < 1.29 is 9.18 Å². The van der Waals surface area contributed by atoms with Gasteiger partial charge in [-0.2, -0.15) is 0 Å². The van der Waals surface area contributed by atoms with Crippen LogP contribution in [0.3, 0.4) is 0 Å². The summed E-state index contributed by atoms with van der Waals surface area (Å²) in [6, 6.07) is 27.0. The third kappa shape index (κ3) is 6.17. The molecule has 5 heteroatoms. The minimum atomic E-state index is -0.337. The highest BCUT2D eigenvalue weighted by molar-refractivity contribution is 5.90. The Bertz CT molecular complexity index is 949. The second-order valence-corrected chi connectivity index (χ2v) is 8.37. The summed E-state index contributed by atoms with van der Waals surface area (Å²) in [6.45, 7) is 3.88. The summed E-state index contributed by atoms with van der Waals surface area (Å²) in [7, 11) is 0. The highest BCUT2D eigenvalue weighted by Gasteiger charge is 2.22. The number of piperidine rings is 1. The molecule has 1 aliphatic heterocycles. The predicted octanol–water partition coefficient (Wildman–Crippen LogP) is 5.70. The van der Waals surface area contributed by atoms with Crippen molar-refractivity contribution in [3.63, 3.8) is 0 Å². The van der Waals surface area contributed by atoms with Crippen molar-refractivity contribution >= 4 is 23.0 Å². The lowest BCUT2D eigenvalue weighted by Crippen LogP contribution is -2.39. The van der Waals surface area contributed by atoms with Crippen molar-refractivity contribution in [2.24, 2.45) is 5.92 Å². The summed E-state index contributed by atoms with van der Waals surface area (Å²) < 4.78 is 13.3. The number of likely N-dealkylation sites (tertiary alicyclic amines) is 1. The minimum Gasteiger partial charge on any atom is -0.340 e. The van der Waals surface area contributed by atoms with Crippen LogP contribution in [-0.2, 0) is 4.79 Å². The molecule has 1 N–H and O–H groups in total. The quantitative estimate of drug-likeness (QED) is 0.497. The number of nitrogens with one attached hydrogen (secondary N) is 1. The Labute approximate surface area is 189 Å². The lowest BCUT2D eigenvalue weighted by molar-refractivity contribution is -0.117. The number of halogens is 1. The van der Waals surface area contributed by atoms with Gasteiger partial charge in [0.1, 0.15) is 5.82 Å². The lowest BCUT2D eigenvalue weighted by Gasteiger charge is -2.34. The van der Waals surface area contributed by atoms with E-state index < -0.39 is 0 Å². The molecular formula is C27H30FN3O. The number of hydrogen-bond donors (Lipinski definition) is 1. The Balaban J connectivity index is 1.26. The number of benzene rings is 3. The van der Waals surface area contributed by atoms with Gasteiger partial charge >= 0.3 is 0 Å². The van der Waals surface area contributed by atoms with Gasteiger partial charge in [0, 0.05) is 36.6 Å². The fourth-order valence-electron chi connectivity index (χ4n) is 4.32. The Morgan fingerprint density at radius 2 is 1.53 bits per heavy atom. The van der Waals surface area contributed by atoms with E-state index in [4.69, 9.17) is 0 Å². The van der Waals surface area contributed by atoms with E-state index in [2.05, 4.69) is 63.6 Å². The molecule has 1 heterocycles. The number of amides is 1. The van der Waals surface area contributed by atoms with Gasteiger partial charge in [-0.15, -0.1) is 0 Å². The van der Waals surface area contributed by atoms with Crippen LogP contribution >= 0.6 is 0 Å². The molecule has 3 aromatic rings. The first-order valence-electron chi connectivity index (χ1n) is 11.3. The molecule has 1 aliphatic rings. The van der Waals surface area contributed by atoms with Crippen LogP contribution in [-0.4, -0.2) is 37.0 Å². The SMILES string of the molecule is O=C(CC1CCN(CCN(c2ccccc2)c2ccccc2)CC1)Nc1cccc(F)c1. The van der Waals surface area contributed by atoms with Gasteiger partial charge in [-0.05, 0) is 74.3 Å². The van der Waals surface area contributed by atoms with E-state index in [9.17, 15) is 9.18 Å². The first-order chi connectivity index (χ1) is 15.7. The van der Waals surface area contributed by atoms with Gasteiger partial charge in [-0.1, -0.05) is 42.5 Å². The van der Waals surface area contributed by atoms with E-state index in [0.29, 0.717) is 18.0 Å². The molecule has 0 unspecified atom stereocenters. The molecule has 0 aromatic heterocycles. The summed E-state index contributed by atoms with van der Waals surface area (Å²) in [6.07, 6.45) is 2.50. The first kappa shape index (κ1) is 22.0. The maximum absolute atomic E-state index is 13.3. The Hall–Kier alpha value is -3.18. The van der Waals surface area contributed by atoms with Crippen LogP contribution < -0.4 is 10.2 Å². The maximum atomic E-state index is 13.3. The van der Waals surface area contributed by atoms with Crippen LogP contribution in [0.2, 0.25) is 0 Å². The number of hydrogen-bond acceptors (Lipinski definition) is 3. The van der Waals surface area contributed by atoms with Crippen molar-refractivity contribution in [3.8, 4) is 0 Å². The molecule has 0 radical (unpaired) electrons. The van der Waals surface area contributed by atoms with Crippen molar-refractivity contribution in [2.45, 2.75) is 19.3 Å². The van der Waals surface area contributed by atoms with Crippen LogP contribution in [0, 0.1) is 11.7 Å². The zero-order chi connectivity index (χ0) is 22.2. The summed E-state index contributed by atoms with van der Waals surface area (Å²) in [5.41, 5.74) is 2.92. The summed E-state index contributed by atoms with van der Waals surface area (Å²) in [5.74, 6) is 0.00342. The second-order valence-electron chi connectivity index (χ2n) is 8.37. The van der Waals surface area contributed by atoms with Gasteiger partial charge in [0.05, 0.1) is 0 Å². The zero-order valence-electron chi connectivity index (χ0n) is 18.3. The summed E-state index contributed by atoms with van der Waals surface area (Å²) in [4.78, 5) is 17.2. The van der Waals surface area contributed by atoms with E-state index in [1.807, 2.05) is 12.1 Å². The number of nitrogens with zero attached hydrogens (tertiary/aromatic N) is 2. The van der Waals surface area contributed by atoms with Gasteiger partial charge in [-0.3, -0.25) is 4.79 Å². The normalized spacial score (nSPS) is 14.8. The standard InChI is InChI=1S/C27H30FN3O/c28-23-8-7-9-24(21-23)29-27(32)20-22-14-16-30(17-15-22)18-19-31(25-10-3-1-4-11-25)26-12-5-2-6-13-26/h1-13,21-22H,14-20H2,(H,29,32). The van der Waals surface area contributed by atoms with E-state index in [0.717, 1.165) is 39.0 Å². The Morgan fingerprint density at radius 1 is 0.906 bits per heavy atom. The molecule has 0 spiro atoms. The van der Waals surface area contributed by atoms with Crippen LogP contribution in [0.1, 0.15) is 19.3 Å². The lowest BCUT2D eigenvalue weighted by atomic mass is 9.93. The van der Waals surface area contributed by atoms with Gasteiger partial charge in [0.15, 0.2) is 0 Å². The molecule has 0 bridgehead atoms. The van der Waals surface area contributed by atoms with Crippen molar-refractivity contribution in [3.05, 3.63) is 90.7 Å². The summed E-state index contributed by atoms with van der Waals surface area (Å²) in [5, 5.41) is 2.82. The van der Waals surface area contributed by atoms with Gasteiger partial charge in [0.2, 0.25) is 5.91 Å². The number of carbonyl (C=O) groups excluding carboxylic acids is 1. The fraction of sp³-hybridized carbons (Fsp3) is 0.296. The third-order valence-corrected chi connectivity index (χ3v) is 6.07. The molecule has 4 nitrogen and oxygen atoms in total. The average Bonchev–Trinajstić information content (AvgIpc) is 2.82. The number of anilines is 3. The number of para-hydroxylation sites is 2. The molecule has 0 atom stereocenters. The monoisotopic (exact) mass is 431 g/mol. The zero-order valence-corrected chi connectivity index (χ0v) is 18.3. The molecule has 1 fully saturated rings. The molecule has 0 aliphatic carbocycles. The molecule has 4 rings (SSSR count). The molecule has 32 heavy (non-hydrogen) atoms. The predicted molar refractivity (Wildman–Crippen MR) is 129 cm³/mol. The fourth-order valence-corrected chi connectivity index (χ4v) is 4.32. The molecule has 0 saturated carbocycles. The largest absolute Gasteiger partial charge is 0.340 e. The van der Waals surface area contributed by atoms with Crippen LogP contribution in [0.4, 0.5) is 21.5 Å². The van der Waals surface area contributed by atoms with Gasteiger partial charge in [-0.25, -0.2) is 4.39 Å². The van der Waals surface area contributed by atoms with Crippen molar-refractivity contribution in [1.82, 2.24) is 4.90 Å². The Kier molecular flexibility index (Phi) is 7.51. The molecular weight excluding hydrogens is 401 g/mol. The van der Waals surface area contributed by atoms with E-state index >= 15 is 0 Å². The molecule has 1 amide bonds. The van der Waals surface area contributed by atoms with Crippen LogP contribution in [0.25, 0.3) is 0 Å². The van der Waals surface area contributed by atoms with Crippen LogP contribution in [0.5, 0.6) is 0 Å². The van der Waals surface area contributed by atoms with E-state index in [-0.39, 0.29) is 11.7 Å². The highest BCUT2D eigenvalue weighted by Crippen LogP contribution is 2.26. The highest BCUT2D eigenvalue weighted by atomic mass is 19.1. The van der Waals surface area contributed by atoms with Crippen LogP contribution in [0.15, 0.2) is 84.9 Å². The van der Waals surface area contributed by atoms with Crippen molar-refractivity contribution in [2.75, 3.05) is 36.4 Å². The Morgan fingerprint density at radius 3 is 2.12 bits per heavy atom. The molecule has 166 valence electrons. The second kappa shape index (κ2) is 10.9. The van der Waals surface area contributed by atoms with Crippen molar-refractivity contribution in [1.29, 1.82) is 0 Å². The average molecular weight is 432 g/mol. The first-order valence-corrected chi connectivity index (χ1v) is 11.3. The maximum Gasteiger partial charge on any atom is 0.224 e. The topological polar surface area (TPSA) is 35.6 Å². The minimum absolute atomic E-state index is 0.0339. The number of carbonyl (C=O) groups is 1. The van der Waals surface area contributed by atoms with E-state index in [1.165, 1.54) is 23.5 Å². The van der Waals surface area contributed by atoms with Gasteiger partial charge in [0.25, 0.3) is 0 Å². The molecule has 1 saturated heterocycles. The van der Waals surface area contributed by atoms with Gasteiger partial charge < -0.3 is 15.1 Å². The number of rotatable bonds is 8. The smallest absolute Gasteiger partial charge is 0.224 e. The summed E-state index contributed by atoms with van der Waals surface area (Å²) >= 11 is 0.